The first kappa shape index (κ1) is 13.3. The van der Waals surface area contributed by atoms with Gasteiger partial charge in [-0.05, 0) is 20.8 Å². The van der Waals surface area contributed by atoms with Crippen molar-refractivity contribution in [2.75, 3.05) is 6.61 Å². The zero-order valence-corrected chi connectivity index (χ0v) is 12.2. The molecule has 0 saturated carbocycles. The van der Waals surface area contributed by atoms with Crippen molar-refractivity contribution < 1.29 is 9.53 Å². The van der Waals surface area contributed by atoms with Crippen LogP contribution in [0.5, 0.6) is 0 Å². The third-order valence-corrected chi connectivity index (χ3v) is 5.04. The first-order valence-electron chi connectivity index (χ1n) is 5.82. The summed E-state index contributed by atoms with van der Waals surface area (Å²) in [5.74, 6) is 0. The Morgan fingerprint density at radius 3 is 2.44 bits per heavy atom. The van der Waals surface area contributed by atoms with Crippen molar-refractivity contribution in [1.82, 2.24) is 5.32 Å². The van der Waals surface area contributed by atoms with Crippen LogP contribution in [0.4, 0.5) is 4.79 Å². The Labute approximate surface area is 99.3 Å². The standard InChI is InChI=1S/C12H23NO2Si/c1-9(2)13-11(14)15-8-12(3)7-10(12)16(4,5)6/h7,9H,8H2,1-6H3,(H,13,14)/t12-/m1/s1. The monoisotopic (exact) mass is 241 g/mol. The molecule has 1 amide bonds. The minimum absolute atomic E-state index is 0.0405. The average Bonchev–Trinajstić information content (AvgIpc) is 2.74. The lowest BCUT2D eigenvalue weighted by Gasteiger charge is -2.20. The van der Waals surface area contributed by atoms with E-state index in [1.807, 2.05) is 13.8 Å². The van der Waals surface area contributed by atoms with Gasteiger partial charge in [0.05, 0.1) is 8.07 Å². The lowest BCUT2D eigenvalue weighted by molar-refractivity contribution is 0.127. The van der Waals surface area contributed by atoms with Crippen molar-refractivity contribution in [3.63, 3.8) is 0 Å². The molecule has 0 bridgehead atoms. The third-order valence-electron chi connectivity index (χ3n) is 2.71. The van der Waals surface area contributed by atoms with E-state index >= 15 is 0 Å². The maximum atomic E-state index is 11.3. The van der Waals surface area contributed by atoms with E-state index in [0.717, 1.165) is 0 Å². The van der Waals surface area contributed by atoms with Gasteiger partial charge >= 0.3 is 6.09 Å². The molecule has 16 heavy (non-hydrogen) atoms. The Bertz CT molecular complexity index is 317. The quantitative estimate of drug-likeness (QED) is 0.769. The van der Waals surface area contributed by atoms with E-state index in [1.54, 1.807) is 0 Å². The smallest absolute Gasteiger partial charge is 0.407 e. The van der Waals surface area contributed by atoms with Crippen LogP contribution in [0.25, 0.3) is 0 Å². The highest BCUT2D eigenvalue weighted by Gasteiger charge is 2.46. The molecule has 4 heteroatoms. The van der Waals surface area contributed by atoms with E-state index in [-0.39, 0.29) is 17.6 Å². The van der Waals surface area contributed by atoms with Crippen molar-refractivity contribution in [3.8, 4) is 0 Å². The average molecular weight is 241 g/mol. The molecule has 1 rings (SSSR count). The van der Waals surface area contributed by atoms with Gasteiger partial charge in [0.1, 0.15) is 6.61 Å². The SMILES string of the molecule is CC(C)NC(=O)OC[C@@]1(C)C=C1[Si](C)(C)C. The Balaban J connectivity index is 2.34. The van der Waals surface area contributed by atoms with E-state index in [1.165, 1.54) is 5.20 Å². The summed E-state index contributed by atoms with van der Waals surface area (Å²) in [4.78, 5) is 11.3. The van der Waals surface area contributed by atoms with Crippen molar-refractivity contribution in [1.29, 1.82) is 0 Å². The summed E-state index contributed by atoms with van der Waals surface area (Å²) in [6.45, 7) is 13.4. The lowest BCUT2D eigenvalue weighted by atomic mass is 10.1. The number of amides is 1. The second kappa shape index (κ2) is 4.24. The number of nitrogens with one attached hydrogen (secondary N) is 1. The largest absolute Gasteiger partial charge is 0.448 e. The zero-order chi connectivity index (χ0) is 12.6. The summed E-state index contributed by atoms with van der Waals surface area (Å²) in [6, 6.07) is 0.129. The van der Waals surface area contributed by atoms with E-state index in [0.29, 0.717) is 6.61 Å². The van der Waals surface area contributed by atoms with Crippen molar-refractivity contribution >= 4 is 14.2 Å². The van der Waals surface area contributed by atoms with E-state index in [4.69, 9.17) is 4.74 Å². The van der Waals surface area contributed by atoms with Gasteiger partial charge in [-0.2, -0.15) is 0 Å². The molecule has 92 valence electrons. The second-order valence-electron chi connectivity index (χ2n) is 6.10. The van der Waals surface area contributed by atoms with Crippen LogP contribution in [0.15, 0.2) is 11.3 Å². The van der Waals surface area contributed by atoms with Crippen LogP contribution in [0.1, 0.15) is 20.8 Å². The molecular formula is C12H23NO2Si. The maximum absolute atomic E-state index is 11.3. The molecule has 0 aromatic heterocycles. The fourth-order valence-electron chi connectivity index (χ4n) is 1.97. The normalized spacial score (nSPS) is 24.1. The predicted octanol–water partition coefficient (Wildman–Crippen LogP) is 2.94. The van der Waals surface area contributed by atoms with Crippen LogP contribution < -0.4 is 5.32 Å². The van der Waals surface area contributed by atoms with Gasteiger partial charge in [0.25, 0.3) is 0 Å². The van der Waals surface area contributed by atoms with Gasteiger partial charge in [-0.25, -0.2) is 4.79 Å². The Kier molecular flexibility index (Phi) is 3.52. The molecular weight excluding hydrogens is 218 g/mol. The van der Waals surface area contributed by atoms with Crippen LogP contribution in [-0.4, -0.2) is 26.8 Å². The van der Waals surface area contributed by atoms with Crippen molar-refractivity contribution in [3.05, 3.63) is 11.3 Å². The van der Waals surface area contributed by atoms with Gasteiger partial charge < -0.3 is 10.1 Å². The maximum Gasteiger partial charge on any atom is 0.407 e. The highest BCUT2D eigenvalue weighted by atomic mass is 28.3. The van der Waals surface area contributed by atoms with Gasteiger partial charge in [-0.1, -0.05) is 30.9 Å². The first-order valence-corrected chi connectivity index (χ1v) is 9.32. The number of alkyl carbamates (subject to hydrolysis) is 1. The molecule has 0 aliphatic heterocycles. The number of carbonyl (C=O) groups is 1. The van der Waals surface area contributed by atoms with Crippen LogP contribution in [0.2, 0.25) is 19.6 Å². The zero-order valence-electron chi connectivity index (χ0n) is 11.2. The van der Waals surface area contributed by atoms with Crippen molar-refractivity contribution in [2.24, 2.45) is 5.41 Å². The summed E-state index contributed by atoms with van der Waals surface area (Å²) >= 11 is 0. The highest BCUT2D eigenvalue weighted by molar-refractivity contribution is 6.84. The van der Waals surface area contributed by atoms with E-state index in [2.05, 4.69) is 38.0 Å². The summed E-state index contributed by atoms with van der Waals surface area (Å²) in [5, 5.41) is 4.24. The lowest BCUT2D eigenvalue weighted by Crippen LogP contribution is -2.33. The summed E-state index contributed by atoms with van der Waals surface area (Å²) < 4.78 is 5.23. The third kappa shape index (κ3) is 3.37. The molecule has 1 N–H and O–H groups in total. The first-order chi connectivity index (χ1) is 7.15. The van der Waals surface area contributed by atoms with E-state index in [9.17, 15) is 4.79 Å². The molecule has 1 aliphatic rings. The van der Waals surface area contributed by atoms with E-state index < -0.39 is 8.07 Å². The predicted molar refractivity (Wildman–Crippen MR) is 69.2 cm³/mol. The topological polar surface area (TPSA) is 38.3 Å². The van der Waals surface area contributed by atoms with Gasteiger partial charge in [0.15, 0.2) is 0 Å². The Morgan fingerprint density at radius 2 is 2.06 bits per heavy atom. The number of ether oxygens (including phenoxy) is 1. The van der Waals surface area contributed by atoms with Gasteiger partial charge in [-0.15, -0.1) is 0 Å². The summed E-state index contributed by atoms with van der Waals surface area (Å²) in [6.07, 6.45) is 1.94. The molecule has 0 saturated heterocycles. The number of hydrogen-bond donors (Lipinski definition) is 1. The minimum Gasteiger partial charge on any atom is -0.448 e. The van der Waals surface area contributed by atoms with Crippen LogP contribution >= 0.6 is 0 Å². The molecule has 3 nitrogen and oxygen atoms in total. The van der Waals surface area contributed by atoms with Crippen LogP contribution in [0.3, 0.4) is 0 Å². The molecule has 0 unspecified atom stereocenters. The van der Waals surface area contributed by atoms with Crippen molar-refractivity contribution in [2.45, 2.75) is 46.5 Å². The van der Waals surface area contributed by atoms with Gasteiger partial charge in [0.2, 0.25) is 0 Å². The van der Waals surface area contributed by atoms with Gasteiger partial charge in [-0.3, -0.25) is 0 Å². The van der Waals surface area contributed by atoms with Crippen LogP contribution in [-0.2, 0) is 4.74 Å². The molecule has 0 aromatic carbocycles. The number of hydrogen-bond acceptors (Lipinski definition) is 2. The molecule has 0 radical (unpaired) electrons. The number of rotatable bonds is 4. The molecule has 1 aliphatic carbocycles. The molecule has 0 aromatic rings. The fourth-order valence-corrected chi connectivity index (χ4v) is 4.51. The summed E-state index contributed by atoms with van der Waals surface area (Å²) in [5.41, 5.74) is 0.0405. The van der Waals surface area contributed by atoms with Crippen LogP contribution in [0, 0.1) is 5.41 Å². The second-order valence-corrected chi connectivity index (χ2v) is 11.1. The molecule has 0 heterocycles. The Hall–Kier alpha value is -0.773. The number of carbonyl (C=O) groups excluding carboxylic acids is 1. The van der Waals surface area contributed by atoms with Gasteiger partial charge in [0, 0.05) is 11.5 Å². The minimum atomic E-state index is -1.21. The fraction of sp³-hybridized carbons (Fsp3) is 0.750. The molecule has 0 fully saturated rings. The molecule has 1 atom stereocenters. The Morgan fingerprint density at radius 1 is 1.50 bits per heavy atom. The highest BCUT2D eigenvalue weighted by Crippen LogP contribution is 2.48. The summed E-state index contributed by atoms with van der Waals surface area (Å²) in [7, 11) is -1.21. The molecule has 0 spiro atoms.